The Morgan fingerprint density at radius 3 is 3.00 bits per heavy atom. The number of rotatable bonds is 3. The number of aromatic nitrogens is 1. The molecule has 0 bridgehead atoms. The molecule has 0 spiro atoms. The van der Waals surface area contributed by atoms with Crippen molar-refractivity contribution in [3.8, 4) is 5.75 Å². The predicted octanol–water partition coefficient (Wildman–Crippen LogP) is 1.01. The summed E-state index contributed by atoms with van der Waals surface area (Å²) >= 11 is 0. The lowest BCUT2D eigenvalue weighted by Gasteiger charge is -2.08. The second-order valence-corrected chi connectivity index (χ2v) is 2.74. The van der Waals surface area contributed by atoms with Crippen molar-refractivity contribution in [3.63, 3.8) is 0 Å². The van der Waals surface area contributed by atoms with Crippen molar-refractivity contribution >= 4 is 0 Å². The van der Waals surface area contributed by atoms with Crippen LogP contribution < -0.4 is 4.74 Å². The van der Waals surface area contributed by atoms with Crippen molar-refractivity contribution in [3.05, 3.63) is 24.0 Å². The van der Waals surface area contributed by atoms with Gasteiger partial charge >= 0.3 is 0 Å². The van der Waals surface area contributed by atoms with E-state index in [1.165, 1.54) is 0 Å². The molecule has 0 aliphatic rings. The standard InChI is InChI=1S/C9H13NO2/c1-7(11)5-8-6-10-4-3-9(8)12-2/h3-4,6-7,11H,5H2,1-2H3. The van der Waals surface area contributed by atoms with Gasteiger partial charge in [-0.3, -0.25) is 4.98 Å². The van der Waals surface area contributed by atoms with Gasteiger partial charge in [-0.05, 0) is 13.0 Å². The van der Waals surface area contributed by atoms with Crippen molar-refractivity contribution in [2.75, 3.05) is 7.11 Å². The van der Waals surface area contributed by atoms with E-state index in [1.54, 1.807) is 32.5 Å². The fraction of sp³-hybridized carbons (Fsp3) is 0.444. The second kappa shape index (κ2) is 4.07. The average molecular weight is 167 g/mol. The fourth-order valence-corrected chi connectivity index (χ4v) is 1.09. The molecule has 1 aromatic rings. The molecule has 1 rings (SSSR count). The summed E-state index contributed by atoms with van der Waals surface area (Å²) in [5, 5.41) is 9.14. The number of hydrogen-bond acceptors (Lipinski definition) is 3. The van der Waals surface area contributed by atoms with Gasteiger partial charge in [0.1, 0.15) is 5.75 Å². The third-order valence-electron chi connectivity index (χ3n) is 1.59. The summed E-state index contributed by atoms with van der Waals surface area (Å²) in [5.74, 6) is 0.783. The predicted molar refractivity (Wildman–Crippen MR) is 46.2 cm³/mol. The Kier molecular flexibility index (Phi) is 3.05. The van der Waals surface area contributed by atoms with Crippen LogP contribution >= 0.6 is 0 Å². The Morgan fingerprint density at radius 1 is 1.67 bits per heavy atom. The van der Waals surface area contributed by atoms with E-state index in [0.29, 0.717) is 6.42 Å². The zero-order valence-corrected chi connectivity index (χ0v) is 7.32. The fourth-order valence-electron chi connectivity index (χ4n) is 1.09. The molecule has 1 unspecified atom stereocenters. The number of methoxy groups -OCH3 is 1. The first-order valence-corrected chi connectivity index (χ1v) is 3.89. The Balaban J connectivity index is 2.82. The summed E-state index contributed by atoms with van der Waals surface area (Å²) in [7, 11) is 1.61. The summed E-state index contributed by atoms with van der Waals surface area (Å²) in [4.78, 5) is 3.96. The highest BCUT2D eigenvalue weighted by Gasteiger charge is 2.04. The number of nitrogens with zero attached hydrogens (tertiary/aromatic N) is 1. The topological polar surface area (TPSA) is 42.4 Å². The number of hydrogen-bond donors (Lipinski definition) is 1. The maximum absolute atomic E-state index is 9.14. The molecule has 1 aromatic heterocycles. The minimum atomic E-state index is -0.358. The third-order valence-corrected chi connectivity index (χ3v) is 1.59. The maximum atomic E-state index is 9.14. The summed E-state index contributed by atoms with van der Waals surface area (Å²) in [6.45, 7) is 1.74. The van der Waals surface area contributed by atoms with Gasteiger partial charge in [0.2, 0.25) is 0 Å². The summed E-state index contributed by atoms with van der Waals surface area (Å²) in [6, 6.07) is 1.79. The van der Waals surface area contributed by atoms with E-state index in [-0.39, 0.29) is 6.10 Å². The zero-order valence-electron chi connectivity index (χ0n) is 7.32. The smallest absolute Gasteiger partial charge is 0.125 e. The SMILES string of the molecule is COc1ccncc1CC(C)O. The van der Waals surface area contributed by atoms with Gasteiger partial charge in [0.25, 0.3) is 0 Å². The van der Waals surface area contributed by atoms with Crippen LogP contribution in [0.4, 0.5) is 0 Å². The number of aliphatic hydroxyl groups is 1. The van der Waals surface area contributed by atoms with Crippen molar-refractivity contribution in [1.29, 1.82) is 0 Å². The van der Waals surface area contributed by atoms with Gasteiger partial charge in [0.15, 0.2) is 0 Å². The molecule has 1 heterocycles. The summed E-state index contributed by atoms with van der Waals surface area (Å²) in [5.41, 5.74) is 0.940. The highest BCUT2D eigenvalue weighted by molar-refractivity contribution is 5.30. The highest BCUT2D eigenvalue weighted by Crippen LogP contribution is 2.17. The molecule has 66 valence electrons. The van der Waals surface area contributed by atoms with Gasteiger partial charge in [-0.2, -0.15) is 0 Å². The van der Waals surface area contributed by atoms with Crippen LogP contribution in [0, 0.1) is 0 Å². The normalized spacial score (nSPS) is 12.6. The minimum absolute atomic E-state index is 0.358. The molecule has 0 saturated carbocycles. The van der Waals surface area contributed by atoms with Crippen molar-refractivity contribution in [1.82, 2.24) is 4.98 Å². The quantitative estimate of drug-likeness (QED) is 0.730. The molecule has 0 aromatic carbocycles. The van der Waals surface area contributed by atoms with Crippen LogP contribution in [0.15, 0.2) is 18.5 Å². The molecule has 0 amide bonds. The Morgan fingerprint density at radius 2 is 2.42 bits per heavy atom. The van der Waals surface area contributed by atoms with E-state index >= 15 is 0 Å². The van der Waals surface area contributed by atoms with E-state index in [0.717, 1.165) is 11.3 Å². The molecule has 0 aliphatic heterocycles. The molecular weight excluding hydrogens is 154 g/mol. The first-order chi connectivity index (χ1) is 5.74. The molecule has 12 heavy (non-hydrogen) atoms. The lowest BCUT2D eigenvalue weighted by molar-refractivity contribution is 0.194. The van der Waals surface area contributed by atoms with Crippen molar-refractivity contribution < 1.29 is 9.84 Å². The Labute approximate surface area is 72.0 Å². The first-order valence-electron chi connectivity index (χ1n) is 3.89. The second-order valence-electron chi connectivity index (χ2n) is 2.74. The van der Waals surface area contributed by atoms with Gasteiger partial charge in [-0.25, -0.2) is 0 Å². The van der Waals surface area contributed by atoms with Crippen LogP contribution in [0.1, 0.15) is 12.5 Å². The molecule has 0 radical (unpaired) electrons. The van der Waals surface area contributed by atoms with Gasteiger partial charge in [0.05, 0.1) is 13.2 Å². The summed E-state index contributed by atoms with van der Waals surface area (Å²) in [6.07, 6.45) is 3.61. The van der Waals surface area contributed by atoms with E-state index in [1.807, 2.05) is 0 Å². The van der Waals surface area contributed by atoms with E-state index in [4.69, 9.17) is 9.84 Å². The molecule has 0 aliphatic carbocycles. The zero-order chi connectivity index (χ0) is 8.97. The van der Waals surface area contributed by atoms with Crippen molar-refractivity contribution in [2.45, 2.75) is 19.4 Å². The van der Waals surface area contributed by atoms with Crippen LogP contribution in [0.3, 0.4) is 0 Å². The van der Waals surface area contributed by atoms with Gasteiger partial charge in [-0.15, -0.1) is 0 Å². The Bertz CT molecular complexity index is 248. The molecule has 1 atom stereocenters. The number of aliphatic hydroxyl groups excluding tert-OH is 1. The van der Waals surface area contributed by atoms with Gasteiger partial charge in [0, 0.05) is 24.4 Å². The maximum Gasteiger partial charge on any atom is 0.125 e. The molecule has 1 N–H and O–H groups in total. The van der Waals surface area contributed by atoms with E-state index in [9.17, 15) is 0 Å². The average Bonchev–Trinajstić information content (AvgIpc) is 2.04. The number of pyridine rings is 1. The van der Waals surface area contributed by atoms with E-state index in [2.05, 4.69) is 4.98 Å². The summed E-state index contributed by atoms with van der Waals surface area (Å²) < 4.78 is 5.10. The third kappa shape index (κ3) is 2.20. The van der Waals surface area contributed by atoms with Crippen LogP contribution in [-0.4, -0.2) is 23.3 Å². The Hall–Kier alpha value is -1.09. The van der Waals surface area contributed by atoms with Crippen LogP contribution in [0.2, 0.25) is 0 Å². The molecule has 0 fully saturated rings. The van der Waals surface area contributed by atoms with Crippen LogP contribution in [-0.2, 0) is 6.42 Å². The van der Waals surface area contributed by atoms with E-state index < -0.39 is 0 Å². The lowest BCUT2D eigenvalue weighted by atomic mass is 10.1. The monoisotopic (exact) mass is 167 g/mol. The molecule has 3 nitrogen and oxygen atoms in total. The number of ether oxygens (including phenoxy) is 1. The van der Waals surface area contributed by atoms with Crippen LogP contribution in [0.5, 0.6) is 5.75 Å². The van der Waals surface area contributed by atoms with Crippen LogP contribution in [0.25, 0.3) is 0 Å². The largest absolute Gasteiger partial charge is 0.496 e. The van der Waals surface area contributed by atoms with Gasteiger partial charge in [-0.1, -0.05) is 0 Å². The van der Waals surface area contributed by atoms with Gasteiger partial charge < -0.3 is 9.84 Å². The molecule has 3 heteroatoms. The first kappa shape index (κ1) is 9.00. The minimum Gasteiger partial charge on any atom is -0.496 e. The molecular formula is C9H13NO2. The molecule has 0 saturated heterocycles. The van der Waals surface area contributed by atoms with Crippen molar-refractivity contribution in [2.24, 2.45) is 0 Å². The lowest BCUT2D eigenvalue weighted by Crippen LogP contribution is -2.05. The highest BCUT2D eigenvalue weighted by atomic mass is 16.5.